The minimum absolute atomic E-state index is 0.0748. The summed E-state index contributed by atoms with van der Waals surface area (Å²) in [7, 11) is 0. The zero-order valence-electron chi connectivity index (χ0n) is 11.8. The highest BCUT2D eigenvalue weighted by Gasteiger charge is 2.47. The molecule has 3 rings (SSSR count). The van der Waals surface area contributed by atoms with Crippen LogP contribution in [0.2, 0.25) is 0 Å². The number of rotatable bonds is 1. The first-order valence-corrected chi connectivity index (χ1v) is 8.97. The number of hydrogen-bond acceptors (Lipinski definition) is 4. The maximum Gasteiger partial charge on any atom is 0.0702 e. The van der Waals surface area contributed by atoms with Crippen molar-refractivity contribution in [3.63, 3.8) is 0 Å². The van der Waals surface area contributed by atoms with Crippen LogP contribution in [0, 0.1) is 5.92 Å². The fraction of sp³-hybridized carbons (Fsp3) is 1.00. The van der Waals surface area contributed by atoms with E-state index in [1.54, 1.807) is 0 Å². The molecule has 1 saturated carbocycles. The topological polar surface area (TPSA) is 55.5 Å². The van der Waals surface area contributed by atoms with Gasteiger partial charge in [0, 0.05) is 12.6 Å². The van der Waals surface area contributed by atoms with Crippen molar-refractivity contribution >= 4 is 11.8 Å². The predicted molar refractivity (Wildman–Crippen MR) is 79.4 cm³/mol. The van der Waals surface area contributed by atoms with Crippen molar-refractivity contribution in [3.05, 3.63) is 0 Å². The van der Waals surface area contributed by atoms with Gasteiger partial charge < -0.3 is 15.6 Å². The highest BCUT2D eigenvalue weighted by molar-refractivity contribution is 7.99. The molecule has 3 N–H and O–H groups in total. The molecule has 0 aromatic heterocycles. The van der Waals surface area contributed by atoms with Crippen LogP contribution in [0.5, 0.6) is 0 Å². The van der Waals surface area contributed by atoms with Crippen LogP contribution in [0.1, 0.15) is 51.4 Å². The van der Waals surface area contributed by atoms with Crippen molar-refractivity contribution < 1.29 is 9.84 Å². The summed E-state index contributed by atoms with van der Waals surface area (Å²) < 4.78 is 6.14. The van der Waals surface area contributed by atoms with Gasteiger partial charge in [-0.05, 0) is 68.8 Å². The molecule has 0 amide bonds. The molecule has 0 aromatic rings. The molecule has 0 radical (unpaired) electrons. The summed E-state index contributed by atoms with van der Waals surface area (Å²) >= 11 is 2.04. The van der Waals surface area contributed by atoms with Gasteiger partial charge in [0.25, 0.3) is 0 Å². The Bertz CT molecular complexity index is 314. The van der Waals surface area contributed by atoms with Crippen LogP contribution in [0.4, 0.5) is 0 Å². The molecule has 3 aliphatic rings. The van der Waals surface area contributed by atoms with Gasteiger partial charge in [0.05, 0.1) is 11.2 Å². The maximum atomic E-state index is 11.0. The molecule has 19 heavy (non-hydrogen) atoms. The first kappa shape index (κ1) is 14.2. The van der Waals surface area contributed by atoms with E-state index in [2.05, 4.69) is 0 Å². The lowest BCUT2D eigenvalue weighted by Crippen LogP contribution is -2.53. The van der Waals surface area contributed by atoms with Gasteiger partial charge in [-0.3, -0.25) is 0 Å². The standard InChI is InChI=1S/C15H27NO2S/c16-13-2-1-4-15(17,11-13)12-3-7-18-14(10-12)5-8-19-9-6-14/h12-13,17H,1-11,16H2. The van der Waals surface area contributed by atoms with Crippen LogP contribution < -0.4 is 5.73 Å². The third-order valence-corrected chi connectivity index (χ3v) is 6.44. The van der Waals surface area contributed by atoms with E-state index in [-0.39, 0.29) is 11.6 Å². The molecular formula is C15H27NO2S. The Morgan fingerprint density at radius 3 is 2.63 bits per heavy atom. The smallest absolute Gasteiger partial charge is 0.0702 e. The van der Waals surface area contributed by atoms with Gasteiger partial charge in [-0.15, -0.1) is 0 Å². The van der Waals surface area contributed by atoms with E-state index in [1.807, 2.05) is 11.8 Å². The van der Waals surface area contributed by atoms with Crippen molar-refractivity contribution in [1.29, 1.82) is 0 Å². The number of ether oxygens (including phenoxy) is 1. The molecule has 0 aromatic carbocycles. The summed E-state index contributed by atoms with van der Waals surface area (Å²) in [5.74, 6) is 2.82. The zero-order valence-corrected chi connectivity index (χ0v) is 12.6. The minimum Gasteiger partial charge on any atom is -0.390 e. The second-order valence-electron chi connectivity index (χ2n) is 6.79. The van der Waals surface area contributed by atoms with Gasteiger partial charge in [0.2, 0.25) is 0 Å². The van der Waals surface area contributed by atoms with Crippen molar-refractivity contribution in [2.45, 2.75) is 68.6 Å². The van der Waals surface area contributed by atoms with Gasteiger partial charge in [-0.2, -0.15) is 11.8 Å². The second kappa shape index (κ2) is 5.55. The maximum absolute atomic E-state index is 11.0. The number of aliphatic hydroxyl groups is 1. The summed E-state index contributed by atoms with van der Waals surface area (Å²) in [6.45, 7) is 0.826. The average Bonchev–Trinajstić information content (AvgIpc) is 2.39. The molecule has 1 aliphatic carbocycles. The molecule has 2 heterocycles. The van der Waals surface area contributed by atoms with E-state index >= 15 is 0 Å². The Labute approximate surface area is 120 Å². The van der Waals surface area contributed by atoms with Gasteiger partial charge in [0.15, 0.2) is 0 Å². The van der Waals surface area contributed by atoms with E-state index in [1.165, 1.54) is 11.5 Å². The van der Waals surface area contributed by atoms with Crippen LogP contribution >= 0.6 is 11.8 Å². The summed E-state index contributed by atoms with van der Waals surface area (Å²) in [6.07, 6.45) is 8.28. The lowest BCUT2D eigenvalue weighted by Gasteiger charge is -2.50. The molecule has 2 aliphatic heterocycles. The van der Waals surface area contributed by atoms with Gasteiger partial charge in [-0.1, -0.05) is 0 Å². The first-order chi connectivity index (χ1) is 9.12. The number of nitrogens with two attached hydrogens (primary N) is 1. The largest absolute Gasteiger partial charge is 0.390 e. The molecule has 0 bridgehead atoms. The van der Waals surface area contributed by atoms with E-state index in [4.69, 9.17) is 10.5 Å². The molecule has 110 valence electrons. The number of hydrogen-bond donors (Lipinski definition) is 2. The molecule has 3 unspecified atom stereocenters. The monoisotopic (exact) mass is 285 g/mol. The quantitative estimate of drug-likeness (QED) is 0.776. The first-order valence-electron chi connectivity index (χ1n) is 7.82. The van der Waals surface area contributed by atoms with Crippen LogP contribution in [0.15, 0.2) is 0 Å². The summed E-state index contributed by atoms with van der Waals surface area (Å²) in [4.78, 5) is 0. The predicted octanol–water partition coefficient (Wildman–Crippen LogP) is 2.31. The molecule has 2 saturated heterocycles. The lowest BCUT2D eigenvalue weighted by molar-refractivity contribution is -0.156. The Hall–Kier alpha value is 0.230. The molecule has 4 heteroatoms. The average molecular weight is 285 g/mol. The summed E-state index contributed by atoms with van der Waals surface area (Å²) in [5.41, 5.74) is 5.65. The Balaban J connectivity index is 1.70. The summed E-state index contributed by atoms with van der Waals surface area (Å²) in [5, 5.41) is 11.0. The molecule has 3 atom stereocenters. The SMILES string of the molecule is NC1CCCC(O)(C2CCOC3(CCSCC3)C2)C1. The van der Waals surface area contributed by atoms with Gasteiger partial charge in [0.1, 0.15) is 0 Å². The summed E-state index contributed by atoms with van der Waals surface area (Å²) in [6, 6.07) is 0.194. The lowest BCUT2D eigenvalue weighted by atomic mass is 9.67. The van der Waals surface area contributed by atoms with Crippen molar-refractivity contribution in [3.8, 4) is 0 Å². The Kier molecular flexibility index (Phi) is 4.14. The fourth-order valence-corrected chi connectivity index (χ4v) is 5.51. The van der Waals surface area contributed by atoms with E-state index in [9.17, 15) is 5.11 Å². The van der Waals surface area contributed by atoms with Crippen molar-refractivity contribution in [1.82, 2.24) is 0 Å². The molecule has 1 spiro atoms. The van der Waals surface area contributed by atoms with E-state index < -0.39 is 5.60 Å². The molecular weight excluding hydrogens is 258 g/mol. The van der Waals surface area contributed by atoms with Crippen LogP contribution in [0.3, 0.4) is 0 Å². The second-order valence-corrected chi connectivity index (χ2v) is 8.02. The van der Waals surface area contributed by atoms with Crippen LogP contribution in [0.25, 0.3) is 0 Å². The fourth-order valence-electron chi connectivity index (χ4n) is 4.28. The van der Waals surface area contributed by atoms with Gasteiger partial charge in [-0.25, -0.2) is 0 Å². The normalized spacial score (nSPS) is 43.3. The Morgan fingerprint density at radius 1 is 1.11 bits per heavy atom. The highest BCUT2D eigenvalue weighted by Crippen LogP contribution is 2.46. The molecule has 3 nitrogen and oxygen atoms in total. The highest BCUT2D eigenvalue weighted by atomic mass is 32.2. The number of thioether (sulfide) groups is 1. The third kappa shape index (κ3) is 2.97. The van der Waals surface area contributed by atoms with E-state index in [0.29, 0.717) is 5.92 Å². The van der Waals surface area contributed by atoms with Crippen molar-refractivity contribution in [2.24, 2.45) is 11.7 Å². The zero-order chi connectivity index (χ0) is 13.3. The van der Waals surface area contributed by atoms with Crippen LogP contribution in [-0.2, 0) is 4.74 Å². The Morgan fingerprint density at radius 2 is 1.89 bits per heavy atom. The molecule has 3 fully saturated rings. The third-order valence-electron chi connectivity index (χ3n) is 5.46. The van der Waals surface area contributed by atoms with E-state index in [0.717, 1.165) is 58.0 Å². The van der Waals surface area contributed by atoms with Crippen molar-refractivity contribution in [2.75, 3.05) is 18.1 Å². The van der Waals surface area contributed by atoms with Gasteiger partial charge >= 0.3 is 0 Å². The minimum atomic E-state index is -0.515. The van der Waals surface area contributed by atoms with Crippen LogP contribution in [-0.4, -0.2) is 40.5 Å².